The number of fused-ring (bicyclic) bond motifs is 3. The lowest BCUT2D eigenvalue weighted by Crippen LogP contribution is -2.73. The maximum absolute atomic E-state index is 15.0. The zero-order chi connectivity index (χ0) is 62.2. The molecule has 7 heterocycles. The lowest BCUT2D eigenvalue weighted by Gasteiger charge is -2.53. The van der Waals surface area contributed by atoms with Crippen LogP contribution < -0.4 is 20.7 Å². The summed E-state index contributed by atoms with van der Waals surface area (Å²) in [6.07, 6.45) is 3.67. The van der Waals surface area contributed by atoms with Gasteiger partial charge in [-0.3, -0.25) is 4.79 Å². The molecule has 1 N–H and O–H groups in total. The molecular formula is C74H98O12Si2. The third kappa shape index (κ3) is 13.1. The Labute approximate surface area is 526 Å². The van der Waals surface area contributed by atoms with Gasteiger partial charge in [-0.15, -0.1) is 13.2 Å². The quantitative estimate of drug-likeness (QED) is 0.0514. The molecular weight excluding hydrogens is 1140 g/mol. The molecule has 0 amide bonds. The van der Waals surface area contributed by atoms with E-state index >= 15 is 0 Å². The Morgan fingerprint density at radius 2 is 1.24 bits per heavy atom. The molecule has 88 heavy (non-hydrogen) atoms. The fraction of sp³-hybridized carbons (Fsp3) is 0.554. The summed E-state index contributed by atoms with van der Waals surface area (Å²) in [4.78, 5) is 15.0. The SMILES string of the molecule is C=CC(O)C[C@H]1O[C@H]2[C@@H](O[Si](c3ccccc3)(c3ccccc3)C(C)(C)C)[C@H]3O[C@@H](CC(=O)OC4CC5OCCCC5OC4(C)C[C@H]4O[C@@H](CC[C@@H]5O[C@@H](C=C)CC5=C)C[C@@H](C)C4=C)CC[C@@H]3O[C@H]2[C@H]1O[Si](c1ccccc1)(c1ccccc1)C(C)(C)C. The van der Waals surface area contributed by atoms with E-state index in [2.05, 4.69) is 203 Å². The van der Waals surface area contributed by atoms with E-state index in [9.17, 15) is 9.90 Å². The van der Waals surface area contributed by atoms with Crippen molar-refractivity contribution < 1.29 is 56.6 Å². The molecule has 0 aromatic heterocycles. The van der Waals surface area contributed by atoms with E-state index in [1.165, 1.54) is 0 Å². The van der Waals surface area contributed by atoms with Gasteiger partial charge in [-0.25, -0.2) is 0 Å². The topological polar surface area (TPSA) is 130 Å². The van der Waals surface area contributed by atoms with Gasteiger partial charge < -0.3 is 51.9 Å². The van der Waals surface area contributed by atoms with Crippen molar-refractivity contribution in [3.05, 3.63) is 171 Å². The van der Waals surface area contributed by atoms with Crippen LogP contribution in [0.15, 0.2) is 171 Å². The van der Waals surface area contributed by atoms with E-state index in [4.69, 9.17) is 46.7 Å². The minimum atomic E-state index is -3.36. The van der Waals surface area contributed by atoms with Crippen LogP contribution in [-0.4, -0.2) is 138 Å². The summed E-state index contributed by atoms with van der Waals surface area (Å²) in [5, 5.41) is 15.3. The maximum atomic E-state index is 15.0. The van der Waals surface area contributed by atoms with Crippen molar-refractivity contribution in [2.45, 2.75) is 246 Å². The van der Waals surface area contributed by atoms with Gasteiger partial charge in [0.1, 0.15) is 42.2 Å². The molecule has 4 aromatic rings. The molecule has 0 aliphatic carbocycles. The third-order valence-corrected chi connectivity index (χ3v) is 30.6. The number of hydrogen-bond acceptors (Lipinski definition) is 12. The second kappa shape index (κ2) is 26.9. The highest BCUT2D eigenvalue weighted by Gasteiger charge is 2.65. The molecule has 14 heteroatoms. The van der Waals surface area contributed by atoms with Crippen LogP contribution in [0, 0.1) is 5.92 Å². The Hall–Kier alpha value is -4.66. The van der Waals surface area contributed by atoms with Gasteiger partial charge in [0.25, 0.3) is 16.6 Å². The number of aliphatic hydroxyl groups is 1. The second-order valence-electron chi connectivity index (χ2n) is 28.5. The molecule has 5 unspecified atom stereocenters. The fourth-order valence-corrected chi connectivity index (χ4v) is 25.3. The van der Waals surface area contributed by atoms with E-state index in [-0.39, 0.29) is 66.4 Å². The Kier molecular flexibility index (Phi) is 19.8. The molecule has 0 radical (unpaired) electrons. The van der Waals surface area contributed by atoms with Crippen molar-refractivity contribution >= 4 is 43.4 Å². The maximum Gasteiger partial charge on any atom is 0.308 e. The molecule has 0 saturated carbocycles. The third-order valence-electron chi connectivity index (χ3n) is 20.5. The predicted octanol–water partition coefficient (Wildman–Crippen LogP) is 11.3. The number of benzene rings is 4. The molecule has 474 valence electrons. The molecule has 4 aromatic carbocycles. The van der Waals surface area contributed by atoms with Gasteiger partial charge >= 0.3 is 5.97 Å². The summed E-state index contributed by atoms with van der Waals surface area (Å²) in [5.41, 5.74) is 1.25. The van der Waals surface area contributed by atoms with Gasteiger partial charge in [-0.05, 0) is 99.8 Å². The van der Waals surface area contributed by atoms with Crippen LogP contribution in [0.4, 0.5) is 0 Å². The summed E-state index contributed by atoms with van der Waals surface area (Å²) in [6, 6.07) is 42.6. The molecule has 7 aliphatic heterocycles. The van der Waals surface area contributed by atoms with Crippen LogP contribution >= 0.6 is 0 Å². The highest BCUT2D eigenvalue weighted by atomic mass is 28.4. The number of carbonyl (C=O) groups excluding carboxylic acids is 1. The summed E-state index contributed by atoms with van der Waals surface area (Å²) < 4.78 is 72.4. The number of ether oxygens (including phenoxy) is 8. The van der Waals surface area contributed by atoms with Crippen molar-refractivity contribution in [2.24, 2.45) is 5.92 Å². The molecule has 0 bridgehead atoms. The van der Waals surface area contributed by atoms with Gasteiger partial charge in [-0.1, -0.05) is 195 Å². The molecule has 12 nitrogen and oxygen atoms in total. The zero-order valence-corrected chi connectivity index (χ0v) is 55.5. The average molecular weight is 1240 g/mol. The Morgan fingerprint density at radius 3 is 1.78 bits per heavy atom. The summed E-state index contributed by atoms with van der Waals surface area (Å²) >= 11 is 0. The smallest absolute Gasteiger partial charge is 0.308 e. The van der Waals surface area contributed by atoms with Crippen LogP contribution in [-0.2, 0) is 51.5 Å². The van der Waals surface area contributed by atoms with Crippen LogP contribution in [0.25, 0.3) is 0 Å². The first kappa shape index (κ1) is 64.9. The second-order valence-corrected chi connectivity index (χ2v) is 37.1. The minimum absolute atomic E-state index is 0.000450. The Bertz CT molecular complexity index is 2940. The zero-order valence-electron chi connectivity index (χ0n) is 53.5. The Balaban J connectivity index is 0.911. The van der Waals surface area contributed by atoms with Gasteiger partial charge in [0.2, 0.25) is 0 Å². The van der Waals surface area contributed by atoms with Crippen molar-refractivity contribution in [1.82, 2.24) is 0 Å². The first-order valence-corrected chi connectivity index (χ1v) is 36.6. The molecule has 18 atom stereocenters. The molecule has 7 aliphatic rings. The highest BCUT2D eigenvalue weighted by Crippen LogP contribution is 2.50. The van der Waals surface area contributed by atoms with Crippen molar-refractivity contribution in [2.75, 3.05) is 6.61 Å². The first-order valence-electron chi connectivity index (χ1n) is 32.8. The predicted molar refractivity (Wildman–Crippen MR) is 350 cm³/mol. The Morgan fingerprint density at radius 1 is 0.670 bits per heavy atom. The summed E-state index contributed by atoms with van der Waals surface area (Å²) in [7, 11) is -6.63. The van der Waals surface area contributed by atoms with Crippen LogP contribution in [0.5, 0.6) is 0 Å². The van der Waals surface area contributed by atoms with E-state index < -0.39 is 88.3 Å². The van der Waals surface area contributed by atoms with Crippen molar-refractivity contribution in [1.29, 1.82) is 0 Å². The van der Waals surface area contributed by atoms with Gasteiger partial charge in [0.15, 0.2) is 0 Å². The minimum Gasteiger partial charge on any atom is -0.459 e. The van der Waals surface area contributed by atoms with E-state index in [1.54, 1.807) is 6.08 Å². The lowest BCUT2D eigenvalue weighted by molar-refractivity contribution is -0.264. The monoisotopic (exact) mass is 1230 g/mol. The van der Waals surface area contributed by atoms with Crippen molar-refractivity contribution in [3.63, 3.8) is 0 Å². The molecule has 7 saturated heterocycles. The number of esters is 1. The number of aliphatic hydroxyl groups excluding tert-OH is 1. The van der Waals surface area contributed by atoms with Gasteiger partial charge in [0, 0.05) is 32.3 Å². The lowest BCUT2D eigenvalue weighted by atomic mass is 9.78. The normalized spacial score (nSPS) is 34.0. The van der Waals surface area contributed by atoms with Gasteiger partial charge in [-0.2, -0.15) is 0 Å². The van der Waals surface area contributed by atoms with E-state index in [0.29, 0.717) is 32.3 Å². The van der Waals surface area contributed by atoms with Crippen molar-refractivity contribution in [3.8, 4) is 0 Å². The number of carbonyl (C=O) groups is 1. The molecule has 0 spiro atoms. The standard InChI is InChI=1S/C74H98O12Si2/c1-13-51(75)44-63-68(85-87(72(6,7)8,55-28-19-15-20-29-55)56-30-21-16-22-31-56)69-70(82-63)71(86-88(73(9,10)11,57-32-23-17-24-33-57)58-34-25-18-26-35-58)67-61(81-69)40-38-54(80-67)45-66(76)83-65-46-62-60(36-27-41-77-62)84-74(65,12)47-64-50(5)48(3)42-53(79-64)37-39-59-49(4)43-52(14-2)78-59/h13-26,28-35,48,51-54,59-65,67-71,75H,1-2,4-5,27,36-47H2,3,6-12H3/t48-,51?,52+,53+,54-,59+,60?,61+,62?,63-,64-,65?,67+,68+,69+,70-,71+,74?/m1/s1. The largest absolute Gasteiger partial charge is 0.459 e. The van der Waals surface area contributed by atoms with Crippen LogP contribution in [0.3, 0.4) is 0 Å². The number of hydrogen-bond donors (Lipinski definition) is 1. The summed E-state index contributed by atoms with van der Waals surface area (Å²) in [5.74, 6) is -0.137. The molecule has 11 rings (SSSR count). The van der Waals surface area contributed by atoms with E-state index in [0.717, 1.165) is 70.4 Å². The van der Waals surface area contributed by atoms with Crippen LogP contribution in [0.2, 0.25) is 10.1 Å². The highest BCUT2D eigenvalue weighted by molar-refractivity contribution is 7.00. The fourth-order valence-electron chi connectivity index (χ4n) is 15.9. The summed E-state index contributed by atoms with van der Waals surface area (Å²) in [6.45, 7) is 35.5. The first-order chi connectivity index (χ1) is 42.1. The van der Waals surface area contributed by atoms with Crippen LogP contribution in [0.1, 0.15) is 132 Å². The average Bonchev–Trinajstić information content (AvgIpc) is 1.29. The van der Waals surface area contributed by atoms with E-state index in [1.807, 2.05) is 6.08 Å². The van der Waals surface area contributed by atoms with Gasteiger partial charge in [0.05, 0.1) is 67.5 Å². The number of rotatable bonds is 20. The molecule has 7 fully saturated rings.